The standard InChI is InChI=1S/C13H20N2O5/c1-17-4-3-5-19-6-7-20-12-8-10(13(16)18-2)11(14)9-15-12/h8-9H,3-7,14H2,1-2H3. The fourth-order valence-electron chi connectivity index (χ4n) is 1.42. The molecule has 0 atom stereocenters. The minimum Gasteiger partial charge on any atom is -0.475 e. The van der Waals surface area contributed by atoms with E-state index in [9.17, 15) is 4.79 Å². The Bertz CT molecular complexity index is 425. The van der Waals surface area contributed by atoms with Crippen LogP contribution in [0.5, 0.6) is 5.88 Å². The van der Waals surface area contributed by atoms with E-state index in [0.717, 1.165) is 6.42 Å². The molecule has 20 heavy (non-hydrogen) atoms. The zero-order valence-electron chi connectivity index (χ0n) is 11.8. The van der Waals surface area contributed by atoms with Crippen LogP contribution in [-0.2, 0) is 14.2 Å². The van der Waals surface area contributed by atoms with Gasteiger partial charge in [-0.05, 0) is 6.42 Å². The van der Waals surface area contributed by atoms with Gasteiger partial charge in [0.25, 0.3) is 0 Å². The number of anilines is 1. The van der Waals surface area contributed by atoms with Crippen molar-refractivity contribution in [3.8, 4) is 5.88 Å². The maximum atomic E-state index is 11.4. The van der Waals surface area contributed by atoms with Crippen LogP contribution in [0.2, 0.25) is 0 Å². The highest BCUT2D eigenvalue weighted by atomic mass is 16.5. The molecule has 0 aromatic carbocycles. The molecule has 0 saturated carbocycles. The second kappa shape index (κ2) is 9.11. The summed E-state index contributed by atoms with van der Waals surface area (Å²) in [7, 11) is 2.94. The number of pyridine rings is 1. The van der Waals surface area contributed by atoms with Gasteiger partial charge in [0.2, 0.25) is 5.88 Å². The molecule has 0 radical (unpaired) electrons. The van der Waals surface area contributed by atoms with Gasteiger partial charge in [-0.1, -0.05) is 0 Å². The molecule has 0 unspecified atom stereocenters. The molecule has 7 heteroatoms. The Labute approximate surface area is 118 Å². The van der Waals surface area contributed by atoms with Crippen LogP contribution in [0.25, 0.3) is 0 Å². The number of nitrogen functional groups attached to an aromatic ring is 1. The molecule has 0 aliphatic rings. The third kappa shape index (κ3) is 5.41. The summed E-state index contributed by atoms with van der Waals surface area (Å²) in [6, 6.07) is 1.45. The summed E-state index contributed by atoms with van der Waals surface area (Å²) < 4.78 is 20.2. The van der Waals surface area contributed by atoms with Crippen molar-refractivity contribution in [1.29, 1.82) is 0 Å². The van der Waals surface area contributed by atoms with Gasteiger partial charge in [0.15, 0.2) is 0 Å². The van der Waals surface area contributed by atoms with E-state index in [1.807, 2.05) is 0 Å². The van der Waals surface area contributed by atoms with Gasteiger partial charge >= 0.3 is 5.97 Å². The van der Waals surface area contributed by atoms with Crippen LogP contribution in [0.4, 0.5) is 5.69 Å². The van der Waals surface area contributed by atoms with Crippen molar-refractivity contribution in [3.63, 3.8) is 0 Å². The van der Waals surface area contributed by atoms with E-state index in [1.165, 1.54) is 19.4 Å². The van der Waals surface area contributed by atoms with Gasteiger partial charge < -0.3 is 24.7 Å². The fourth-order valence-corrected chi connectivity index (χ4v) is 1.42. The summed E-state index contributed by atoms with van der Waals surface area (Å²) in [6.07, 6.45) is 2.20. The Hall–Kier alpha value is -1.86. The van der Waals surface area contributed by atoms with E-state index in [1.54, 1.807) is 7.11 Å². The van der Waals surface area contributed by atoms with Crippen LogP contribution in [0.15, 0.2) is 12.3 Å². The van der Waals surface area contributed by atoms with Crippen molar-refractivity contribution in [3.05, 3.63) is 17.8 Å². The van der Waals surface area contributed by atoms with E-state index < -0.39 is 5.97 Å². The summed E-state index contributed by atoms with van der Waals surface area (Å²) in [5.74, 6) is -0.217. The minimum atomic E-state index is -0.523. The number of esters is 1. The smallest absolute Gasteiger partial charge is 0.340 e. The van der Waals surface area contributed by atoms with Gasteiger partial charge in [-0.2, -0.15) is 0 Å². The lowest BCUT2D eigenvalue weighted by atomic mass is 10.2. The summed E-state index contributed by atoms with van der Waals surface area (Å²) in [5, 5.41) is 0. The number of methoxy groups -OCH3 is 2. The molecular weight excluding hydrogens is 264 g/mol. The van der Waals surface area contributed by atoms with Gasteiger partial charge in [0.05, 0.1) is 31.2 Å². The van der Waals surface area contributed by atoms with Crippen molar-refractivity contribution < 1.29 is 23.7 Å². The van der Waals surface area contributed by atoms with Crippen molar-refractivity contribution >= 4 is 11.7 Å². The lowest BCUT2D eigenvalue weighted by molar-refractivity contribution is 0.0600. The predicted octanol–water partition coefficient (Wildman–Crippen LogP) is 0.882. The highest BCUT2D eigenvalue weighted by Gasteiger charge is 2.12. The van der Waals surface area contributed by atoms with E-state index in [4.69, 9.17) is 19.9 Å². The Balaban J connectivity index is 2.35. The van der Waals surface area contributed by atoms with E-state index in [0.29, 0.717) is 32.3 Å². The maximum absolute atomic E-state index is 11.4. The van der Waals surface area contributed by atoms with Crippen LogP contribution in [-0.4, -0.2) is 51.6 Å². The summed E-state index contributed by atoms with van der Waals surface area (Å²) in [6.45, 7) is 2.05. The Morgan fingerprint density at radius 1 is 1.25 bits per heavy atom. The molecule has 0 bridgehead atoms. The number of nitrogens with zero attached hydrogens (tertiary/aromatic N) is 1. The van der Waals surface area contributed by atoms with E-state index in [2.05, 4.69) is 9.72 Å². The van der Waals surface area contributed by atoms with Crippen molar-refractivity contribution in [1.82, 2.24) is 4.98 Å². The lowest BCUT2D eigenvalue weighted by Crippen LogP contribution is -2.11. The monoisotopic (exact) mass is 284 g/mol. The van der Waals surface area contributed by atoms with Crippen molar-refractivity contribution in [2.75, 3.05) is 46.4 Å². The normalized spacial score (nSPS) is 10.3. The SMILES string of the molecule is COCCCOCCOc1cc(C(=O)OC)c(N)cn1. The van der Waals surface area contributed by atoms with Crippen LogP contribution in [0.1, 0.15) is 16.8 Å². The summed E-state index contributed by atoms with van der Waals surface area (Å²) in [4.78, 5) is 15.4. The number of ether oxygens (including phenoxy) is 4. The molecule has 112 valence electrons. The number of nitrogens with two attached hydrogens (primary N) is 1. The first kappa shape index (κ1) is 16.2. The molecule has 0 fully saturated rings. The molecule has 1 aromatic heterocycles. The first-order valence-corrected chi connectivity index (χ1v) is 6.22. The average molecular weight is 284 g/mol. The van der Waals surface area contributed by atoms with Gasteiger partial charge in [-0.3, -0.25) is 0 Å². The van der Waals surface area contributed by atoms with Gasteiger partial charge in [0.1, 0.15) is 6.61 Å². The number of carbonyl (C=O) groups excluding carboxylic acids is 1. The highest BCUT2D eigenvalue weighted by Crippen LogP contribution is 2.17. The van der Waals surface area contributed by atoms with Gasteiger partial charge in [0, 0.05) is 26.4 Å². The largest absolute Gasteiger partial charge is 0.475 e. The number of carbonyl (C=O) groups is 1. The number of hydrogen-bond donors (Lipinski definition) is 1. The second-order valence-electron chi connectivity index (χ2n) is 3.91. The minimum absolute atomic E-state index is 0.235. The third-order valence-electron chi connectivity index (χ3n) is 2.43. The van der Waals surface area contributed by atoms with E-state index >= 15 is 0 Å². The lowest BCUT2D eigenvalue weighted by Gasteiger charge is -2.08. The van der Waals surface area contributed by atoms with Crippen LogP contribution in [0.3, 0.4) is 0 Å². The number of hydrogen-bond acceptors (Lipinski definition) is 7. The molecule has 0 spiro atoms. The van der Waals surface area contributed by atoms with Gasteiger partial charge in [-0.25, -0.2) is 9.78 Å². The Morgan fingerprint density at radius 2 is 2.05 bits per heavy atom. The maximum Gasteiger partial charge on any atom is 0.340 e. The zero-order valence-corrected chi connectivity index (χ0v) is 11.8. The first-order valence-electron chi connectivity index (χ1n) is 6.22. The Morgan fingerprint density at radius 3 is 2.75 bits per heavy atom. The second-order valence-corrected chi connectivity index (χ2v) is 3.91. The number of aromatic nitrogens is 1. The number of rotatable bonds is 9. The zero-order chi connectivity index (χ0) is 14.8. The highest BCUT2D eigenvalue weighted by molar-refractivity contribution is 5.95. The van der Waals surface area contributed by atoms with Crippen molar-refractivity contribution in [2.24, 2.45) is 0 Å². The van der Waals surface area contributed by atoms with Crippen LogP contribution < -0.4 is 10.5 Å². The summed E-state index contributed by atoms with van der Waals surface area (Å²) in [5.41, 5.74) is 6.12. The molecular formula is C13H20N2O5. The molecule has 1 rings (SSSR count). The fraction of sp³-hybridized carbons (Fsp3) is 0.538. The van der Waals surface area contributed by atoms with Gasteiger partial charge in [-0.15, -0.1) is 0 Å². The predicted molar refractivity (Wildman–Crippen MR) is 72.8 cm³/mol. The molecule has 0 aliphatic carbocycles. The average Bonchev–Trinajstić information content (AvgIpc) is 2.47. The molecule has 7 nitrogen and oxygen atoms in total. The molecule has 0 saturated heterocycles. The van der Waals surface area contributed by atoms with Crippen LogP contribution >= 0.6 is 0 Å². The topological polar surface area (TPSA) is 92.9 Å². The van der Waals surface area contributed by atoms with Crippen LogP contribution in [0, 0.1) is 0 Å². The molecule has 1 heterocycles. The summed E-state index contributed by atoms with van der Waals surface area (Å²) >= 11 is 0. The molecule has 0 aliphatic heterocycles. The first-order chi connectivity index (χ1) is 9.69. The third-order valence-corrected chi connectivity index (χ3v) is 2.43. The molecule has 2 N–H and O–H groups in total. The molecule has 0 amide bonds. The van der Waals surface area contributed by atoms with Crippen molar-refractivity contribution in [2.45, 2.75) is 6.42 Å². The molecule has 1 aromatic rings. The Kier molecular flexibility index (Phi) is 7.38. The quantitative estimate of drug-likeness (QED) is 0.531. The van der Waals surface area contributed by atoms with E-state index in [-0.39, 0.29) is 11.3 Å².